The second-order valence-electron chi connectivity index (χ2n) is 5.79. The summed E-state index contributed by atoms with van der Waals surface area (Å²) in [5, 5.41) is 0. The lowest BCUT2D eigenvalue weighted by molar-refractivity contribution is 0.521. The van der Waals surface area contributed by atoms with Gasteiger partial charge in [0.25, 0.3) is 0 Å². The molecule has 2 nitrogen and oxygen atoms in total. The summed E-state index contributed by atoms with van der Waals surface area (Å²) in [5.41, 5.74) is 11.7. The summed E-state index contributed by atoms with van der Waals surface area (Å²) in [5.74, 6) is 0. The SMILES string of the molecule is Cc1cc2c(n1C(C)c1cccc(Br)c1)CCCC2N. The van der Waals surface area contributed by atoms with Gasteiger partial charge in [-0.25, -0.2) is 0 Å². The summed E-state index contributed by atoms with van der Waals surface area (Å²) in [6, 6.07) is 11.4. The van der Waals surface area contributed by atoms with Gasteiger partial charge in [0, 0.05) is 21.9 Å². The predicted molar refractivity (Wildman–Crippen MR) is 87.0 cm³/mol. The molecule has 1 aliphatic rings. The molecule has 0 aliphatic heterocycles. The summed E-state index contributed by atoms with van der Waals surface area (Å²) < 4.78 is 3.60. The number of hydrogen-bond acceptors (Lipinski definition) is 1. The van der Waals surface area contributed by atoms with Crippen LogP contribution in [0.3, 0.4) is 0 Å². The van der Waals surface area contributed by atoms with Gasteiger partial charge in [0.15, 0.2) is 0 Å². The van der Waals surface area contributed by atoms with Crippen molar-refractivity contribution < 1.29 is 0 Å². The number of hydrogen-bond donors (Lipinski definition) is 1. The molecule has 106 valence electrons. The first kappa shape index (κ1) is 13.9. The van der Waals surface area contributed by atoms with E-state index in [4.69, 9.17) is 5.73 Å². The maximum atomic E-state index is 6.27. The summed E-state index contributed by atoms with van der Waals surface area (Å²) in [6.45, 7) is 4.47. The summed E-state index contributed by atoms with van der Waals surface area (Å²) in [6.07, 6.45) is 3.46. The van der Waals surface area contributed by atoms with Crippen molar-refractivity contribution in [2.24, 2.45) is 5.73 Å². The van der Waals surface area contributed by atoms with Gasteiger partial charge in [-0.2, -0.15) is 0 Å². The third-order valence-corrected chi connectivity index (χ3v) is 4.91. The standard InChI is InChI=1S/C17H21BrN2/c1-11-9-15-16(19)7-4-8-17(15)20(11)12(2)13-5-3-6-14(18)10-13/h3,5-6,9-10,12,16H,4,7-8,19H2,1-2H3. The second-order valence-corrected chi connectivity index (χ2v) is 6.70. The molecule has 0 saturated heterocycles. The highest BCUT2D eigenvalue weighted by molar-refractivity contribution is 9.10. The normalized spacial score (nSPS) is 19.7. The molecule has 1 heterocycles. The lowest BCUT2D eigenvalue weighted by Gasteiger charge is -2.25. The Morgan fingerprint density at radius 3 is 2.90 bits per heavy atom. The topological polar surface area (TPSA) is 30.9 Å². The Bertz CT molecular complexity index is 630. The number of aromatic nitrogens is 1. The van der Waals surface area contributed by atoms with Crippen LogP contribution in [-0.2, 0) is 6.42 Å². The van der Waals surface area contributed by atoms with E-state index in [0.717, 1.165) is 17.3 Å². The van der Waals surface area contributed by atoms with Gasteiger partial charge in [-0.05, 0) is 62.4 Å². The molecule has 0 radical (unpaired) electrons. The molecular weight excluding hydrogens is 312 g/mol. The number of benzene rings is 1. The van der Waals surface area contributed by atoms with E-state index in [0.29, 0.717) is 6.04 Å². The fourth-order valence-corrected chi connectivity index (χ4v) is 3.83. The molecule has 0 amide bonds. The minimum atomic E-state index is 0.216. The quantitative estimate of drug-likeness (QED) is 0.862. The van der Waals surface area contributed by atoms with Gasteiger partial charge in [-0.1, -0.05) is 28.1 Å². The van der Waals surface area contributed by atoms with Crippen LogP contribution in [0.2, 0.25) is 0 Å². The number of fused-ring (bicyclic) bond motifs is 1. The fraction of sp³-hybridized carbons (Fsp3) is 0.412. The molecule has 3 heteroatoms. The van der Waals surface area contributed by atoms with Crippen LogP contribution in [0.15, 0.2) is 34.8 Å². The number of nitrogens with zero attached hydrogens (tertiary/aromatic N) is 1. The first-order valence-electron chi connectivity index (χ1n) is 7.29. The highest BCUT2D eigenvalue weighted by Gasteiger charge is 2.24. The molecule has 1 aromatic carbocycles. The maximum absolute atomic E-state index is 6.27. The average Bonchev–Trinajstić information content (AvgIpc) is 2.76. The lowest BCUT2D eigenvalue weighted by Crippen LogP contribution is -2.20. The van der Waals surface area contributed by atoms with E-state index < -0.39 is 0 Å². The van der Waals surface area contributed by atoms with E-state index in [1.165, 1.54) is 28.9 Å². The first-order valence-corrected chi connectivity index (χ1v) is 8.09. The van der Waals surface area contributed by atoms with E-state index in [-0.39, 0.29) is 6.04 Å². The highest BCUT2D eigenvalue weighted by atomic mass is 79.9. The zero-order valence-electron chi connectivity index (χ0n) is 12.1. The van der Waals surface area contributed by atoms with E-state index >= 15 is 0 Å². The Morgan fingerprint density at radius 2 is 2.15 bits per heavy atom. The van der Waals surface area contributed by atoms with Crippen LogP contribution in [0, 0.1) is 6.92 Å². The fourth-order valence-electron chi connectivity index (χ4n) is 3.42. The van der Waals surface area contributed by atoms with E-state index in [9.17, 15) is 0 Å². The van der Waals surface area contributed by atoms with Crippen molar-refractivity contribution in [3.8, 4) is 0 Å². The molecular formula is C17H21BrN2. The van der Waals surface area contributed by atoms with Crippen LogP contribution in [0.4, 0.5) is 0 Å². The van der Waals surface area contributed by atoms with Crippen molar-refractivity contribution in [1.29, 1.82) is 0 Å². The van der Waals surface area contributed by atoms with Crippen molar-refractivity contribution >= 4 is 15.9 Å². The summed E-state index contributed by atoms with van der Waals surface area (Å²) >= 11 is 3.57. The minimum absolute atomic E-state index is 0.216. The average molecular weight is 333 g/mol. The molecule has 2 N–H and O–H groups in total. The van der Waals surface area contributed by atoms with Crippen LogP contribution < -0.4 is 5.73 Å². The predicted octanol–water partition coefficient (Wildman–Crippen LogP) is 4.50. The molecule has 2 atom stereocenters. The van der Waals surface area contributed by atoms with E-state index in [2.05, 4.69) is 64.7 Å². The lowest BCUT2D eigenvalue weighted by atomic mass is 9.93. The van der Waals surface area contributed by atoms with E-state index in [1.54, 1.807) is 0 Å². The van der Waals surface area contributed by atoms with Gasteiger partial charge in [0.05, 0.1) is 6.04 Å². The number of rotatable bonds is 2. The molecule has 1 aliphatic carbocycles. The Hall–Kier alpha value is -1.06. The number of nitrogens with two attached hydrogens (primary N) is 1. The van der Waals surface area contributed by atoms with Crippen LogP contribution in [0.5, 0.6) is 0 Å². The minimum Gasteiger partial charge on any atom is -0.341 e. The highest BCUT2D eigenvalue weighted by Crippen LogP contribution is 2.34. The van der Waals surface area contributed by atoms with Gasteiger partial charge in [0.2, 0.25) is 0 Å². The zero-order valence-corrected chi connectivity index (χ0v) is 13.7. The van der Waals surface area contributed by atoms with Crippen LogP contribution in [-0.4, -0.2) is 4.57 Å². The number of aryl methyl sites for hydroxylation is 1. The van der Waals surface area contributed by atoms with Crippen molar-refractivity contribution in [3.05, 3.63) is 57.3 Å². The molecule has 3 rings (SSSR count). The third-order valence-electron chi connectivity index (χ3n) is 4.41. The number of halogens is 1. The van der Waals surface area contributed by atoms with Crippen molar-refractivity contribution in [1.82, 2.24) is 4.57 Å². The van der Waals surface area contributed by atoms with Gasteiger partial charge in [0.1, 0.15) is 0 Å². The first-order chi connectivity index (χ1) is 9.58. The molecule has 2 unspecified atom stereocenters. The molecule has 0 fully saturated rings. The van der Waals surface area contributed by atoms with Crippen molar-refractivity contribution in [3.63, 3.8) is 0 Å². The Labute approximate surface area is 129 Å². The van der Waals surface area contributed by atoms with E-state index in [1.807, 2.05) is 0 Å². The van der Waals surface area contributed by atoms with Gasteiger partial charge < -0.3 is 10.3 Å². The van der Waals surface area contributed by atoms with Crippen LogP contribution in [0.1, 0.15) is 54.4 Å². The Kier molecular flexibility index (Phi) is 3.74. The van der Waals surface area contributed by atoms with Crippen molar-refractivity contribution in [2.75, 3.05) is 0 Å². The van der Waals surface area contributed by atoms with Crippen LogP contribution in [0.25, 0.3) is 0 Å². The largest absolute Gasteiger partial charge is 0.341 e. The molecule has 0 saturated carbocycles. The van der Waals surface area contributed by atoms with Crippen molar-refractivity contribution in [2.45, 2.75) is 45.2 Å². The smallest absolute Gasteiger partial charge is 0.0557 e. The molecule has 0 spiro atoms. The van der Waals surface area contributed by atoms with Gasteiger partial charge in [-0.3, -0.25) is 0 Å². The van der Waals surface area contributed by atoms with Gasteiger partial charge >= 0.3 is 0 Å². The molecule has 20 heavy (non-hydrogen) atoms. The summed E-state index contributed by atoms with van der Waals surface area (Å²) in [7, 11) is 0. The molecule has 1 aromatic heterocycles. The Balaban J connectivity index is 2.06. The molecule has 2 aromatic rings. The van der Waals surface area contributed by atoms with Gasteiger partial charge in [-0.15, -0.1) is 0 Å². The maximum Gasteiger partial charge on any atom is 0.0557 e. The Morgan fingerprint density at radius 1 is 1.35 bits per heavy atom. The summed E-state index contributed by atoms with van der Waals surface area (Å²) in [4.78, 5) is 0. The second kappa shape index (κ2) is 5.38. The third kappa shape index (κ3) is 2.33. The van der Waals surface area contributed by atoms with Crippen LogP contribution >= 0.6 is 15.9 Å². The molecule has 0 bridgehead atoms. The monoisotopic (exact) mass is 332 g/mol. The zero-order chi connectivity index (χ0) is 14.3.